The van der Waals surface area contributed by atoms with Crippen LogP contribution < -0.4 is 15.0 Å². The Labute approximate surface area is 181 Å². The van der Waals surface area contributed by atoms with E-state index in [0.717, 1.165) is 21.2 Å². The van der Waals surface area contributed by atoms with Crippen molar-refractivity contribution in [1.82, 2.24) is 10.3 Å². The number of hydrogen-bond acceptors (Lipinski definition) is 5. The summed E-state index contributed by atoms with van der Waals surface area (Å²) in [7, 11) is 1.58. The van der Waals surface area contributed by atoms with Crippen LogP contribution in [0.4, 0.5) is 10.5 Å². The Bertz CT molecular complexity index is 1220. The van der Waals surface area contributed by atoms with Gasteiger partial charge in [0.15, 0.2) is 0 Å². The van der Waals surface area contributed by atoms with Gasteiger partial charge in [-0.25, -0.2) is 9.69 Å². The number of halogens is 1. The zero-order chi connectivity index (χ0) is 20.8. The normalized spacial score (nSPS) is 20.7. The van der Waals surface area contributed by atoms with Crippen molar-refractivity contribution in [2.75, 3.05) is 12.0 Å². The number of aromatic nitrogens is 1. The van der Waals surface area contributed by atoms with Crippen molar-refractivity contribution in [2.24, 2.45) is 0 Å². The molecule has 30 heavy (non-hydrogen) atoms. The minimum atomic E-state index is -0.477. The van der Waals surface area contributed by atoms with Gasteiger partial charge in [-0.3, -0.25) is 9.78 Å². The van der Waals surface area contributed by atoms with Crippen LogP contribution in [0.1, 0.15) is 5.56 Å². The fraction of sp³-hybridized carbons (Fsp3) is 0.136. The quantitative estimate of drug-likeness (QED) is 0.654. The summed E-state index contributed by atoms with van der Waals surface area (Å²) in [5.74, 6) is 0.381. The zero-order valence-electron chi connectivity index (χ0n) is 15.8. The number of benzene rings is 2. The number of hydrogen-bond donors (Lipinski definition) is 1. The lowest BCUT2D eigenvalue weighted by molar-refractivity contribution is -0.118. The maximum absolute atomic E-state index is 13.4. The molecule has 5 rings (SSSR count). The van der Waals surface area contributed by atoms with Crippen LogP contribution in [-0.4, -0.2) is 35.3 Å². The molecule has 2 atom stereocenters. The third-order valence-electron chi connectivity index (χ3n) is 5.20. The molecule has 0 spiro atoms. The molecule has 0 bridgehead atoms. The summed E-state index contributed by atoms with van der Waals surface area (Å²) in [5.41, 5.74) is 1.28. The zero-order valence-corrected chi connectivity index (χ0v) is 17.4. The molecule has 3 aromatic rings. The second-order valence-electron chi connectivity index (χ2n) is 6.94. The molecule has 3 heterocycles. The van der Waals surface area contributed by atoms with Crippen molar-refractivity contribution in [3.05, 3.63) is 71.5 Å². The van der Waals surface area contributed by atoms with Crippen LogP contribution in [0.5, 0.6) is 5.75 Å². The van der Waals surface area contributed by atoms with Crippen LogP contribution in [0.3, 0.4) is 0 Å². The van der Waals surface area contributed by atoms with E-state index in [1.54, 1.807) is 25.6 Å². The predicted molar refractivity (Wildman–Crippen MR) is 119 cm³/mol. The van der Waals surface area contributed by atoms with Gasteiger partial charge in [0, 0.05) is 27.4 Å². The number of urea groups is 1. The summed E-state index contributed by atoms with van der Waals surface area (Å²) >= 11 is 7.81. The van der Waals surface area contributed by atoms with E-state index in [1.807, 2.05) is 42.5 Å². The number of thioether (sulfide) groups is 1. The second-order valence-corrected chi connectivity index (χ2v) is 8.53. The minimum Gasteiger partial charge on any atom is -0.497 e. The highest BCUT2D eigenvalue weighted by atomic mass is 35.5. The Morgan fingerprint density at radius 2 is 2.00 bits per heavy atom. The number of rotatable bonds is 3. The van der Waals surface area contributed by atoms with E-state index < -0.39 is 17.3 Å². The van der Waals surface area contributed by atoms with Crippen LogP contribution >= 0.6 is 23.4 Å². The van der Waals surface area contributed by atoms with E-state index in [-0.39, 0.29) is 5.91 Å². The maximum atomic E-state index is 13.4. The third kappa shape index (κ3) is 3.02. The average Bonchev–Trinajstić information content (AvgIpc) is 3.17. The van der Waals surface area contributed by atoms with Crippen molar-refractivity contribution in [3.63, 3.8) is 0 Å². The van der Waals surface area contributed by atoms with Gasteiger partial charge < -0.3 is 10.1 Å². The van der Waals surface area contributed by atoms with Gasteiger partial charge >= 0.3 is 6.03 Å². The van der Waals surface area contributed by atoms with Crippen molar-refractivity contribution < 1.29 is 14.3 Å². The number of anilines is 1. The molecule has 1 saturated heterocycles. The standard InChI is InChI=1S/C22H16ClN3O3S/c1-29-13-6-7-15(16(23)8-13)19-9-17-20(30-19)21(27)26(22(28)25-17)18-11-24-10-12-4-2-3-5-14(12)18/h2-11,17,20H,1H3,(H,25,28). The molecule has 0 aliphatic carbocycles. The van der Waals surface area contributed by atoms with E-state index >= 15 is 0 Å². The number of methoxy groups -OCH3 is 1. The molecule has 2 aliphatic heterocycles. The molecule has 2 aliphatic rings. The molecule has 6 nitrogen and oxygen atoms in total. The van der Waals surface area contributed by atoms with Crippen molar-refractivity contribution in [3.8, 4) is 5.75 Å². The first-order valence-corrected chi connectivity index (χ1v) is 10.5. The van der Waals surface area contributed by atoms with Gasteiger partial charge in [0.05, 0.1) is 30.1 Å². The molecule has 0 saturated carbocycles. The molecule has 1 N–H and O–H groups in total. The van der Waals surface area contributed by atoms with Crippen molar-refractivity contribution in [2.45, 2.75) is 11.3 Å². The molecule has 1 fully saturated rings. The fourth-order valence-corrected chi connectivity index (χ4v) is 5.37. The number of ether oxygens (including phenoxy) is 1. The number of nitrogens with zero attached hydrogens (tertiary/aromatic N) is 2. The first-order chi connectivity index (χ1) is 14.6. The first kappa shape index (κ1) is 19.0. The van der Waals surface area contributed by atoms with Gasteiger partial charge in [-0.05, 0) is 24.3 Å². The summed E-state index contributed by atoms with van der Waals surface area (Å²) in [6.45, 7) is 0. The summed E-state index contributed by atoms with van der Waals surface area (Å²) in [6.07, 6.45) is 5.15. The molecule has 3 amide bonds. The van der Waals surface area contributed by atoms with Crippen LogP contribution in [0.2, 0.25) is 5.02 Å². The number of pyridine rings is 1. The topological polar surface area (TPSA) is 71.5 Å². The molecule has 2 unspecified atom stereocenters. The molecule has 0 radical (unpaired) electrons. The second kappa shape index (κ2) is 7.34. The van der Waals surface area contributed by atoms with Gasteiger partial charge in [0.1, 0.15) is 11.0 Å². The van der Waals surface area contributed by atoms with Gasteiger partial charge in [0.25, 0.3) is 5.91 Å². The monoisotopic (exact) mass is 437 g/mol. The number of fused-ring (bicyclic) bond motifs is 2. The maximum Gasteiger partial charge on any atom is 0.329 e. The molecule has 2 aromatic carbocycles. The van der Waals surface area contributed by atoms with E-state index in [9.17, 15) is 9.59 Å². The highest BCUT2D eigenvalue weighted by Crippen LogP contribution is 2.45. The number of carbonyl (C=O) groups is 2. The first-order valence-electron chi connectivity index (χ1n) is 9.26. The average molecular weight is 438 g/mol. The lowest BCUT2D eigenvalue weighted by Crippen LogP contribution is -2.60. The number of nitrogens with one attached hydrogen (secondary N) is 1. The highest BCUT2D eigenvalue weighted by molar-refractivity contribution is 8.09. The number of carbonyl (C=O) groups excluding carboxylic acids is 2. The smallest absolute Gasteiger partial charge is 0.329 e. The van der Waals surface area contributed by atoms with Gasteiger partial charge in [-0.2, -0.15) is 0 Å². The Morgan fingerprint density at radius 3 is 2.80 bits per heavy atom. The largest absolute Gasteiger partial charge is 0.497 e. The molecule has 150 valence electrons. The molecule has 1 aromatic heterocycles. The Morgan fingerprint density at radius 1 is 1.17 bits per heavy atom. The van der Waals surface area contributed by atoms with Crippen molar-refractivity contribution >= 4 is 56.7 Å². The third-order valence-corrected chi connectivity index (χ3v) is 6.87. The summed E-state index contributed by atoms with van der Waals surface area (Å²) in [4.78, 5) is 32.5. The lowest BCUT2D eigenvalue weighted by atomic mass is 10.1. The van der Waals surface area contributed by atoms with Crippen LogP contribution in [-0.2, 0) is 4.79 Å². The van der Waals surface area contributed by atoms with Crippen LogP contribution in [0, 0.1) is 0 Å². The van der Waals surface area contributed by atoms with Gasteiger partial charge in [-0.1, -0.05) is 35.9 Å². The van der Waals surface area contributed by atoms with Gasteiger partial charge in [0.2, 0.25) is 0 Å². The lowest BCUT2D eigenvalue weighted by Gasteiger charge is -2.33. The Balaban J connectivity index is 1.49. The molecule has 8 heteroatoms. The minimum absolute atomic E-state index is 0.275. The Hall–Kier alpha value is -3.03. The van der Waals surface area contributed by atoms with Crippen molar-refractivity contribution in [1.29, 1.82) is 0 Å². The van der Waals surface area contributed by atoms with E-state index in [1.165, 1.54) is 16.7 Å². The van der Waals surface area contributed by atoms with E-state index in [2.05, 4.69) is 10.3 Å². The highest BCUT2D eigenvalue weighted by Gasteiger charge is 2.45. The fourth-order valence-electron chi connectivity index (χ4n) is 3.74. The summed E-state index contributed by atoms with van der Waals surface area (Å²) in [5, 5.41) is 4.65. The van der Waals surface area contributed by atoms with E-state index in [0.29, 0.717) is 16.5 Å². The van der Waals surface area contributed by atoms with Crippen LogP contribution in [0.25, 0.3) is 15.7 Å². The Kier molecular flexibility index (Phi) is 4.64. The summed E-state index contributed by atoms with van der Waals surface area (Å²) in [6, 6.07) is 12.1. The van der Waals surface area contributed by atoms with Crippen LogP contribution in [0.15, 0.2) is 60.9 Å². The SMILES string of the molecule is COc1ccc(C2=CC3NC(=O)N(c4cncc5ccccc45)C(=O)C3S2)c(Cl)c1. The predicted octanol–water partition coefficient (Wildman–Crippen LogP) is 4.48. The number of amides is 3. The number of imide groups is 1. The van der Waals surface area contributed by atoms with Gasteiger partial charge in [-0.15, -0.1) is 11.8 Å². The molecular formula is C22H16ClN3O3S. The summed E-state index contributed by atoms with van der Waals surface area (Å²) < 4.78 is 5.20. The molecular weight excluding hydrogens is 422 g/mol. The van der Waals surface area contributed by atoms with E-state index in [4.69, 9.17) is 16.3 Å².